The number of amides is 2. The van der Waals surface area contributed by atoms with Crippen LogP contribution in [0.3, 0.4) is 0 Å². The third kappa shape index (κ3) is 15.8. The summed E-state index contributed by atoms with van der Waals surface area (Å²) in [6.45, 7) is 4.00. The van der Waals surface area contributed by atoms with Crippen LogP contribution < -0.4 is 17.4 Å². The van der Waals surface area contributed by atoms with Gasteiger partial charge in [0.05, 0.1) is 0 Å². The molecule has 0 fully saturated rings. The average Bonchev–Trinajstić information content (AvgIpc) is 1.89. The number of hydrazine groups is 2. The predicted octanol–water partition coefficient (Wildman–Crippen LogP) is -0.303. The van der Waals surface area contributed by atoms with Gasteiger partial charge in [-0.25, -0.2) is 16.5 Å². The van der Waals surface area contributed by atoms with Crippen LogP contribution in [0.1, 0.15) is 13.8 Å². The molecule has 0 aromatic heterocycles. The van der Waals surface area contributed by atoms with Crippen molar-refractivity contribution in [1.29, 1.82) is 0 Å². The predicted molar refractivity (Wildman–Crippen MR) is 40.3 cm³/mol. The van der Waals surface area contributed by atoms with Gasteiger partial charge in [0.2, 0.25) is 0 Å². The van der Waals surface area contributed by atoms with Gasteiger partial charge < -0.3 is 5.73 Å². The van der Waals surface area contributed by atoms with Crippen LogP contribution in [0, 0.1) is 0 Å². The minimum atomic E-state index is -0.852. The van der Waals surface area contributed by atoms with Crippen molar-refractivity contribution in [3.05, 3.63) is 12.2 Å². The normalized spacial score (nSPS) is 8.40. The maximum absolute atomic E-state index is 9.60. The molecule has 60 valence electrons. The average molecular weight is 146 g/mol. The molecule has 0 bridgehead atoms. The molecule has 0 heterocycles. The molecule has 6 N–H and O–H groups in total. The highest BCUT2D eigenvalue weighted by Gasteiger charge is 1.90. The summed E-state index contributed by atoms with van der Waals surface area (Å²) in [5.41, 5.74) is 4.47. The van der Waals surface area contributed by atoms with Gasteiger partial charge in [-0.05, 0) is 13.8 Å². The Morgan fingerprint density at radius 2 is 1.50 bits per heavy atom. The Morgan fingerprint density at radius 1 is 1.30 bits per heavy atom. The molecule has 0 saturated carbocycles. The molecular weight excluding hydrogens is 132 g/mol. The molecule has 5 heteroatoms. The first-order valence-electron chi connectivity index (χ1n) is 2.72. The number of nitrogens with zero attached hydrogens (tertiary/aromatic N) is 1. The smallest absolute Gasteiger partial charge is 0.343 e. The zero-order valence-electron chi connectivity index (χ0n) is 6.24. The van der Waals surface area contributed by atoms with Gasteiger partial charge in [0.15, 0.2) is 0 Å². The molecule has 0 aromatic rings. The molecule has 5 nitrogen and oxygen atoms in total. The fourth-order valence-corrected chi connectivity index (χ4v) is 0. The van der Waals surface area contributed by atoms with Crippen LogP contribution >= 0.6 is 0 Å². The van der Waals surface area contributed by atoms with Crippen LogP contribution in [-0.4, -0.2) is 11.1 Å². The van der Waals surface area contributed by atoms with Gasteiger partial charge in [-0.3, -0.25) is 0 Å². The Labute approximate surface area is 60.4 Å². The second-order valence-electron chi connectivity index (χ2n) is 1.41. The summed E-state index contributed by atoms with van der Waals surface area (Å²) in [6, 6.07) is -0.852. The van der Waals surface area contributed by atoms with Crippen LogP contribution in [-0.2, 0) is 0 Å². The Balaban J connectivity index is 0. The number of rotatable bonds is 0. The number of carbonyl (C=O) groups is 1. The Kier molecular flexibility index (Phi) is 9.27. The number of nitrogens with two attached hydrogens (primary N) is 3. The number of primary amides is 1. The van der Waals surface area contributed by atoms with E-state index in [0.717, 1.165) is 0 Å². The van der Waals surface area contributed by atoms with Crippen LogP contribution in [0.15, 0.2) is 12.2 Å². The molecule has 0 spiro atoms. The summed E-state index contributed by atoms with van der Waals surface area (Å²) >= 11 is 0. The van der Waals surface area contributed by atoms with E-state index in [1.54, 1.807) is 0 Å². The van der Waals surface area contributed by atoms with Gasteiger partial charge in [0, 0.05) is 0 Å². The molecule has 0 rings (SSSR count). The Morgan fingerprint density at radius 3 is 1.50 bits per heavy atom. The molecule has 0 atom stereocenters. The summed E-state index contributed by atoms with van der Waals surface area (Å²) in [5.74, 6) is 9.14. The molecule has 0 unspecified atom stereocenters. The van der Waals surface area contributed by atoms with Crippen LogP contribution in [0.4, 0.5) is 4.79 Å². The highest BCUT2D eigenvalue weighted by molar-refractivity contribution is 5.70. The van der Waals surface area contributed by atoms with E-state index in [-0.39, 0.29) is 0 Å². The number of carbonyl (C=O) groups excluding carboxylic acids is 1. The first-order valence-corrected chi connectivity index (χ1v) is 2.72. The molecule has 0 saturated heterocycles. The molecule has 0 radical (unpaired) electrons. The summed E-state index contributed by atoms with van der Waals surface area (Å²) in [5, 5.41) is 0.306. The minimum Gasteiger partial charge on any atom is -0.349 e. The third-order valence-corrected chi connectivity index (χ3v) is 0.588. The van der Waals surface area contributed by atoms with Gasteiger partial charge >= 0.3 is 6.03 Å². The van der Waals surface area contributed by atoms with E-state index in [1.165, 1.54) is 0 Å². The second-order valence-corrected chi connectivity index (χ2v) is 1.41. The molecule has 10 heavy (non-hydrogen) atoms. The van der Waals surface area contributed by atoms with Crippen molar-refractivity contribution in [2.75, 3.05) is 0 Å². The number of hydrogen-bond donors (Lipinski definition) is 3. The summed E-state index contributed by atoms with van der Waals surface area (Å²) in [4.78, 5) is 9.60. The first kappa shape index (κ1) is 11.7. The van der Waals surface area contributed by atoms with Crippen molar-refractivity contribution in [3.63, 3.8) is 0 Å². The number of allylic oxidation sites excluding steroid dienone is 2. The van der Waals surface area contributed by atoms with E-state index in [0.29, 0.717) is 5.12 Å². The number of hydrogen-bond acceptors (Lipinski definition) is 3. The van der Waals surface area contributed by atoms with Crippen LogP contribution in [0.25, 0.3) is 0 Å². The van der Waals surface area contributed by atoms with Crippen molar-refractivity contribution in [1.82, 2.24) is 5.12 Å². The fourth-order valence-electron chi connectivity index (χ4n) is 0. The van der Waals surface area contributed by atoms with Gasteiger partial charge in [-0.2, -0.15) is 5.12 Å². The quantitative estimate of drug-likeness (QED) is 0.189. The lowest BCUT2D eigenvalue weighted by atomic mass is 10.6. The zero-order chi connectivity index (χ0) is 8.57. The standard InChI is InChI=1S/C4H8.CH6N4O/c1-3-4-2;2-1(6)5(3)4/h3-4H,1-2H3;3-4H2,(H2,2,6). The zero-order valence-corrected chi connectivity index (χ0v) is 6.24. The molecule has 2 amide bonds. The van der Waals surface area contributed by atoms with Crippen molar-refractivity contribution in [3.8, 4) is 0 Å². The van der Waals surface area contributed by atoms with Crippen molar-refractivity contribution < 1.29 is 4.79 Å². The highest BCUT2D eigenvalue weighted by atomic mass is 16.2. The summed E-state index contributed by atoms with van der Waals surface area (Å²) in [6.07, 6.45) is 4.00. The maximum atomic E-state index is 9.60. The first-order chi connectivity index (χ1) is 4.56. The van der Waals surface area contributed by atoms with E-state index < -0.39 is 6.03 Å². The minimum absolute atomic E-state index is 0.306. The van der Waals surface area contributed by atoms with E-state index in [2.05, 4.69) is 17.4 Å². The second kappa shape index (κ2) is 7.93. The van der Waals surface area contributed by atoms with Crippen molar-refractivity contribution in [2.24, 2.45) is 17.4 Å². The fraction of sp³-hybridized carbons (Fsp3) is 0.400. The largest absolute Gasteiger partial charge is 0.349 e. The topological polar surface area (TPSA) is 98.4 Å². The molecule has 0 aliphatic rings. The van der Waals surface area contributed by atoms with Gasteiger partial charge in [0.25, 0.3) is 0 Å². The van der Waals surface area contributed by atoms with Crippen molar-refractivity contribution >= 4 is 6.03 Å². The molecule has 0 aliphatic heterocycles. The molecule has 0 aromatic carbocycles. The van der Waals surface area contributed by atoms with Crippen LogP contribution in [0.2, 0.25) is 0 Å². The van der Waals surface area contributed by atoms with E-state index in [1.807, 2.05) is 26.0 Å². The third-order valence-electron chi connectivity index (χ3n) is 0.588. The Bertz CT molecular complexity index is 106. The van der Waals surface area contributed by atoms with Crippen LogP contribution in [0.5, 0.6) is 0 Å². The number of urea groups is 1. The van der Waals surface area contributed by atoms with Crippen molar-refractivity contribution in [2.45, 2.75) is 13.8 Å². The van der Waals surface area contributed by atoms with Gasteiger partial charge in [0.1, 0.15) is 0 Å². The summed E-state index contributed by atoms with van der Waals surface area (Å²) in [7, 11) is 0. The summed E-state index contributed by atoms with van der Waals surface area (Å²) < 4.78 is 0. The lowest BCUT2D eigenvalue weighted by molar-refractivity contribution is 0.210. The van der Waals surface area contributed by atoms with E-state index >= 15 is 0 Å². The monoisotopic (exact) mass is 146 g/mol. The lowest BCUT2D eigenvalue weighted by Gasteiger charge is -2.00. The van der Waals surface area contributed by atoms with Gasteiger partial charge in [-0.15, -0.1) is 0 Å². The van der Waals surface area contributed by atoms with Gasteiger partial charge in [-0.1, -0.05) is 12.2 Å². The SMILES string of the molecule is CC=CC.NC(=O)N(N)N. The van der Waals surface area contributed by atoms with E-state index in [9.17, 15) is 4.79 Å². The molecule has 0 aliphatic carbocycles. The Hall–Kier alpha value is -1.07. The lowest BCUT2D eigenvalue weighted by Crippen LogP contribution is -2.46. The van der Waals surface area contributed by atoms with E-state index in [4.69, 9.17) is 0 Å². The highest BCUT2D eigenvalue weighted by Crippen LogP contribution is 1.57. The maximum Gasteiger partial charge on any atom is 0.343 e. The molecular formula is C5H14N4O.